The molecule has 0 bridgehead atoms. The number of rotatable bonds is 2. The smallest absolute Gasteiger partial charge is 0.308 e. The van der Waals surface area contributed by atoms with E-state index in [-0.39, 0.29) is 11.9 Å². The predicted octanol–water partition coefficient (Wildman–Crippen LogP) is 2.39. The fraction of sp³-hybridized carbons (Fsp3) is 0.923. The zero-order valence-electron chi connectivity index (χ0n) is 10.3. The lowest BCUT2D eigenvalue weighted by Gasteiger charge is -2.42. The van der Waals surface area contributed by atoms with Crippen LogP contribution in [0, 0.1) is 17.8 Å². The molecule has 2 rings (SSSR count). The number of fused-ring (bicyclic) bond motifs is 1. The fourth-order valence-electron chi connectivity index (χ4n) is 3.55. The number of methoxy groups -OCH3 is 2. The minimum absolute atomic E-state index is 0.0288. The Kier molecular flexibility index (Phi) is 3.85. The summed E-state index contributed by atoms with van der Waals surface area (Å²) in [6, 6.07) is 0. The van der Waals surface area contributed by atoms with Gasteiger partial charge in [-0.3, -0.25) is 4.79 Å². The van der Waals surface area contributed by atoms with E-state index in [1.54, 1.807) is 7.11 Å². The Morgan fingerprint density at radius 2 is 1.94 bits per heavy atom. The molecule has 2 fully saturated rings. The second-order valence-electron chi connectivity index (χ2n) is 5.16. The Labute approximate surface area is 97.5 Å². The normalized spacial score (nSPS) is 38.9. The van der Waals surface area contributed by atoms with Crippen molar-refractivity contribution in [2.45, 2.75) is 44.6 Å². The number of carbonyl (C=O) groups excluding carboxylic acids is 1. The minimum Gasteiger partial charge on any atom is -0.469 e. The highest BCUT2D eigenvalue weighted by Gasteiger charge is 2.40. The topological polar surface area (TPSA) is 35.5 Å². The minimum atomic E-state index is -0.0288. The average Bonchev–Trinajstić information content (AvgIpc) is 2.36. The van der Waals surface area contributed by atoms with Crippen LogP contribution in [0.5, 0.6) is 0 Å². The summed E-state index contributed by atoms with van der Waals surface area (Å²) < 4.78 is 10.4. The molecule has 0 saturated heterocycles. The highest BCUT2D eigenvalue weighted by molar-refractivity contribution is 5.72. The van der Waals surface area contributed by atoms with Gasteiger partial charge in [-0.2, -0.15) is 0 Å². The second-order valence-corrected chi connectivity index (χ2v) is 5.16. The molecule has 4 unspecified atom stereocenters. The molecular formula is C13H22O3. The molecule has 16 heavy (non-hydrogen) atoms. The van der Waals surface area contributed by atoms with Gasteiger partial charge in [0.05, 0.1) is 19.1 Å². The lowest BCUT2D eigenvalue weighted by molar-refractivity contribution is -0.149. The van der Waals surface area contributed by atoms with E-state index in [9.17, 15) is 4.79 Å². The lowest BCUT2D eigenvalue weighted by Crippen LogP contribution is -2.40. The van der Waals surface area contributed by atoms with E-state index in [1.807, 2.05) is 0 Å². The highest BCUT2D eigenvalue weighted by Crippen LogP contribution is 2.43. The first-order valence-corrected chi connectivity index (χ1v) is 6.37. The van der Waals surface area contributed by atoms with Crippen molar-refractivity contribution in [3.05, 3.63) is 0 Å². The van der Waals surface area contributed by atoms with E-state index in [1.165, 1.54) is 26.4 Å². The quantitative estimate of drug-likeness (QED) is 0.678. The molecule has 4 atom stereocenters. The number of hydrogen-bond acceptors (Lipinski definition) is 3. The molecule has 0 aliphatic heterocycles. The van der Waals surface area contributed by atoms with Crippen LogP contribution in [-0.2, 0) is 14.3 Å². The molecule has 92 valence electrons. The molecule has 3 nitrogen and oxygen atoms in total. The fourth-order valence-corrected chi connectivity index (χ4v) is 3.55. The van der Waals surface area contributed by atoms with E-state index in [2.05, 4.69) is 0 Å². The van der Waals surface area contributed by atoms with Crippen LogP contribution in [0.25, 0.3) is 0 Å². The van der Waals surface area contributed by atoms with Gasteiger partial charge < -0.3 is 9.47 Å². The lowest BCUT2D eigenvalue weighted by atomic mass is 9.66. The van der Waals surface area contributed by atoms with E-state index in [4.69, 9.17) is 9.47 Å². The van der Waals surface area contributed by atoms with Crippen LogP contribution < -0.4 is 0 Å². The predicted molar refractivity (Wildman–Crippen MR) is 61.0 cm³/mol. The van der Waals surface area contributed by atoms with Crippen molar-refractivity contribution in [3.63, 3.8) is 0 Å². The van der Waals surface area contributed by atoms with Crippen molar-refractivity contribution in [2.75, 3.05) is 14.2 Å². The van der Waals surface area contributed by atoms with Gasteiger partial charge in [-0.15, -0.1) is 0 Å². The van der Waals surface area contributed by atoms with Crippen LogP contribution in [0.4, 0.5) is 0 Å². The second kappa shape index (κ2) is 5.17. The maximum atomic E-state index is 11.6. The molecule has 2 saturated carbocycles. The van der Waals surface area contributed by atoms with Gasteiger partial charge >= 0.3 is 5.97 Å². The Morgan fingerprint density at radius 3 is 2.62 bits per heavy atom. The third-order valence-corrected chi connectivity index (χ3v) is 4.43. The number of esters is 1. The highest BCUT2D eigenvalue weighted by atomic mass is 16.5. The first kappa shape index (κ1) is 11.9. The van der Waals surface area contributed by atoms with Gasteiger partial charge in [0, 0.05) is 7.11 Å². The molecule has 0 amide bonds. The molecule has 3 heteroatoms. The third-order valence-electron chi connectivity index (χ3n) is 4.43. The maximum absolute atomic E-state index is 11.6. The summed E-state index contributed by atoms with van der Waals surface area (Å²) in [7, 11) is 3.29. The van der Waals surface area contributed by atoms with E-state index < -0.39 is 0 Å². The molecule has 0 aromatic carbocycles. The molecule has 2 aliphatic rings. The first-order chi connectivity index (χ1) is 7.76. The summed E-state index contributed by atoms with van der Waals surface area (Å²) in [6.45, 7) is 0. The summed E-state index contributed by atoms with van der Waals surface area (Å²) in [5, 5.41) is 0. The first-order valence-electron chi connectivity index (χ1n) is 6.37. The number of hydrogen-bond donors (Lipinski definition) is 0. The van der Waals surface area contributed by atoms with Crippen molar-refractivity contribution < 1.29 is 14.3 Å². The van der Waals surface area contributed by atoms with E-state index in [0.717, 1.165) is 25.2 Å². The molecule has 2 aliphatic carbocycles. The van der Waals surface area contributed by atoms with Gasteiger partial charge in [-0.1, -0.05) is 6.42 Å². The van der Waals surface area contributed by atoms with Crippen LogP contribution in [-0.4, -0.2) is 26.3 Å². The summed E-state index contributed by atoms with van der Waals surface area (Å²) in [5.41, 5.74) is 0. The maximum Gasteiger partial charge on any atom is 0.308 e. The van der Waals surface area contributed by atoms with Crippen molar-refractivity contribution in [1.29, 1.82) is 0 Å². The summed E-state index contributed by atoms with van der Waals surface area (Å²) in [4.78, 5) is 11.6. The Balaban J connectivity index is 2.01. The molecule has 0 radical (unpaired) electrons. The van der Waals surface area contributed by atoms with Gasteiger partial charge in [0.25, 0.3) is 0 Å². The van der Waals surface area contributed by atoms with Gasteiger partial charge in [0.2, 0.25) is 0 Å². The summed E-state index contributed by atoms with van der Waals surface area (Å²) >= 11 is 0. The van der Waals surface area contributed by atoms with Crippen LogP contribution in [0.3, 0.4) is 0 Å². The van der Waals surface area contributed by atoms with Crippen LogP contribution in [0.1, 0.15) is 38.5 Å². The van der Waals surface area contributed by atoms with Crippen molar-refractivity contribution >= 4 is 5.97 Å². The molecule has 0 aromatic heterocycles. The van der Waals surface area contributed by atoms with Gasteiger partial charge in [-0.05, 0) is 43.9 Å². The molecule has 0 heterocycles. The van der Waals surface area contributed by atoms with Crippen LogP contribution in [0.15, 0.2) is 0 Å². The molecule has 0 spiro atoms. The monoisotopic (exact) mass is 226 g/mol. The Bertz CT molecular complexity index is 246. The standard InChI is InChI=1S/C13H22O3/c1-15-12-5-3-4-9-6-7-10(8-11(9)12)13(14)16-2/h9-12H,3-8H2,1-2H3. The van der Waals surface area contributed by atoms with E-state index >= 15 is 0 Å². The Morgan fingerprint density at radius 1 is 1.12 bits per heavy atom. The Hall–Kier alpha value is -0.570. The summed E-state index contributed by atoms with van der Waals surface area (Å²) in [5.74, 6) is 1.44. The van der Waals surface area contributed by atoms with Crippen molar-refractivity contribution in [3.8, 4) is 0 Å². The van der Waals surface area contributed by atoms with Crippen molar-refractivity contribution in [2.24, 2.45) is 17.8 Å². The number of ether oxygens (including phenoxy) is 2. The summed E-state index contributed by atoms with van der Waals surface area (Å²) in [6.07, 6.45) is 7.27. The zero-order chi connectivity index (χ0) is 11.5. The molecular weight excluding hydrogens is 204 g/mol. The molecule has 0 N–H and O–H groups in total. The molecule has 0 aromatic rings. The van der Waals surface area contributed by atoms with E-state index in [0.29, 0.717) is 12.0 Å². The zero-order valence-corrected chi connectivity index (χ0v) is 10.3. The van der Waals surface area contributed by atoms with Crippen molar-refractivity contribution in [1.82, 2.24) is 0 Å². The third kappa shape index (κ3) is 2.24. The van der Waals surface area contributed by atoms with Gasteiger partial charge in [-0.25, -0.2) is 0 Å². The largest absolute Gasteiger partial charge is 0.469 e. The average molecular weight is 226 g/mol. The number of carbonyl (C=O) groups is 1. The van der Waals surface area contributed by atoms with Gasteiger partial charge in [0.1, 0.15) is 0 Å². The van der Waals surface area contributed by atoms with Crippen LogP contribution in [0.2, 0.25) is 0 Å². The van der Waals surface area contributed by atoms with Gasteiger partial charge in [0.15, 0.2) is 0 Å². The van der Waals surface area contributed by atoms with Crippen LogP contribution >= 0.6 is 0 Å². The SMILES string of the molecule is COC(=O)C1CCC2CCCC(OC)C2C1.